The highest BCUT2D eigenvalue weighted by molar-refractivity contribution is 5.84. The molecule has 7 nitrogen and oxygen atoms in total. The van der Waals surface area contributed by atoms with Gasteiger partial charge in [0.25, 0.3) is 0 Å². The number of para-hydroxylation sites is 2. The van der Waals surface area contributed by atoms with Crippen molar-refractivity contribution in [2.24, 2.45) is 5.73 Å². The molecule has 0 aliphatic heterocycles. The predicted molar refractivity (Wildman–Crippen MR) is 145 cm³/mol. The van der Waals surface area contributed by atoms with Crippen molar-refractivity contribution in [1.82, 2.24) is 19.1 Å². The Morgan fingerprint density at radius 3 is 2.59 bits per heavy atom. The Hall–Kier alpha value is -4.91. The van der Waals surface area contributed by atoms with Crippen LogP contribution >= 0.6 is 0 Å². The van der Waals surface area contributed by atoms with Gasteiger partial charge in [0.15, 0.2) is 0 Å². The third-order valence-electron chi connectivity index (χ3n) is 6.81. The minimum atomic E-state index is -0.376. The van der Waals surface area contributed by atoms with E-state index in [1.54, 1.807) is 6.20 Å². The molecule has 1 amide bonds. The summed E-state index contributed by atoms with van der Waals surface area (Å²) in [5.74, 6) is -0.376. The van der Waals surface area contributed by atoms with Crippen LogP contribution in [-0.2, 0) is 17.8 Å². The molecule has 0 fully saturated rings. The fraction of sp³-hybridized carbons (Fsp3) is 0.100. The molecule has 0 unspecified atom stereocenters. The van der Waals surface area contributed by atoms with Crippen molar-refractivity contribution < 1.29 is 4.79 Å². The summed E-state index contributed by atoms with van der Waals surface area (Å²) in [6.45, 7) is 2.59. The van der Waals surface area contributed by atoms with Crippen molar-refractivity contribution in [3.63, 3.8) is 0 Å². The average molecular weight is 487 g/mol. The number of aryl methyl sites for hydroxylation is 1. The van der Waals surface area contributed by atoms with Crippen LogP contribution in [0, 0.1) is 12.3 Å². The van der Waals surface area contributed by atoms with Crippen molar-refractivity contribution in [2.75, 3.05) is 0 Å². The van der Waals surface area contributed by atoms with E-state index in [4.69, 9.17) is 16.1 Å². The van der Waals surface area contributed by atoms with Crippen LogP contribution in [0.2, 0.25) is 0 Å². The van der Waals surface area contributed by atoms with E-state index in [0.717, 1.165) is 55.6 Å². The number of hydrogen-bond donors (Lipinski definition) is 3. The van der Waals surface area contributed by atoms with Gasteiger partial charge in [0, 0.05) is 22.7 Å². The maximum Gasteiger partial charge on any atom is 0.221 e. The lowest BCUT2D eigenvalue weighted by molar-refractivity contribution is -0.117. The number of carbonyl (C=O) groups is 1. The summed E-state index contributed by atoms with van der Waals surface area (Å²) in [5.41, 5.74) is 14.4. The lowest BCUT2D eigenvalue weighted by atomic mass is 9.98. The molecular formula is C30H26N6O. The number of aromatic nitrogens is 4. The number of nitrogens with two attached hydrogens (primary N) is 1. The summed E-state index contributed by atoms with van der Waals surface area (Å²) in [4.78, 5) is 19.6. The zero-order valence-electron chi connectivity index (χ0n) is 20.4. The second-order valence-corrected chi connectivity index (χ2v) is 9.30. The maximum atomic E-state index is 11.6. The Kier molecular flexibility index (Phi) is 5.45. The lowest BCUT2D eigenvalue weighted by Gasteiger charge is -2.11. The summed E-state index contributed by atoms with van der Waals surface area (Å²) in [6, 6.07) is 26.2. The Morgan fingerprint density at radius 2 is 1.81 bits per heavy atom. The molecule has 3 aromatic carbocycles. The molecule has 7 heteroatoms. The summed E-state index contributed by atoms with van der Waals surface area (Å²) in [6.07, 6.45) is 3.89. The zero-order valence-corrected chi connectivity index (χ0v) is 20.4. The van der Waals surface area contributed by atoms with Crippen LogP contribution in [0.15, 0.2) is 91.3 Å². The number of primary amides is 1. The van der Waals surface area contributed by atoms with Crippen molar-refractivity contribution in [3.8, 4) is 16.9 Å². The quantitative estimate of drug-likeness (QED) is 0.313. The number of amides is 1. The number of nitrogens with one attached hydrogen (secondary N) is 2. The highest BCUT2D eigenvalue weighted by atomic mass is 16.1. The molecule has 0 spiro atoms. The molecule has 0 saturated heterocycles. The van der Waals surface area contributed by atoms with Gasteiger partial charge in [0.1, 0.15) is 0 Å². The monoisotopic (exact) mass is 486 g/mol. The van der Waals surface area contributed by atoms with Gasteiger partial charge >= 0.3 is 0 Å². The molecule has 0 aliphatic rings. The molecule has 0 bridgehead atoms. The van der Waals surface area contributed by atoms with E-state index in [0.29, 0.717) is 12.2 Å². The molecule has 3 heterocycles. The highest BCUT2D eigenvalue weighted by Gasteiger charge is 2.15. The van der Waals surface area contributed by atoms with Crippen molar-refractivity contribution in [3.05, 3.63) is 114 Å². The SMILES string of the molecule is Cc1ccc(CC(N)=O)c(-c2ccc(-n3c(=N)n(Cc4cccc5[nH]ccc45)c4ccccc43)cn2)c1. The number of nitrogens with zero attached hydrogens (tertiary/aromatic N) is 3. The number of carbonyl (C=O) groups excluding carboxylic acids is 1. The molecule has 6 aromatic rings. The number of benzene rings is 3. The summed E-state index contributed by atoms with van der Waals surface area (Å²) < 4.78 is 3.94. The number of H-pyrrole nitrogens is 1. The first kappa shape index (κ1) is 22.5. The number of fused-ring (bicyclic) bond motifs is 2. The molecule has 4 N–H and O–H groups in total. The maximum absolute atomic E-state index is 11.6. The van der Waals surface area contributed by atoms with Crippen LogP contribution in [0.3, 0.4) is 0 Å². The summed E-state index contributed by atoms with van der Waals surface area (Å²) in [5, 5.41) is 10.3. The minimum absolute atomic E-state index is 0.159. The fourth-order valence-corrected chi connectivity index (χ4v) is 5.06. The van der Waals surface area contributed by atoms with E-state index in [-0.39, 0.29) is 12.3 Å². The summed E-state index contributed by atoms with van der Waals surface area (Å²) >= 11 is 0. The van der Waals surface area contributed by atoms with Crippen LogP contribution < -0.4 is 11.4 Å². The van der Waals surface area contributed by atoms with Crippen LogP contribution in [-0.4, -0.2) is 25.0 Å². The normalized spacial score (nSPS) is 11.4. The van der Waals surface area contributed by atoms with E-state index < -0.39 is 0 Å². The van der Waals surface area contributed by atoms with E-state index in [1.807, 2.05) is 82.9 Å². The van der Waals surface area contributed by atoms with Crippen LogP contribution in [0.25, 0.3) is 38.9 Å². The summed E-state index contributed by atoms with van der Waals surface area (Å²) in [7, 11) is 0. The van der Waals surface area contributed by atoms with E-state index in [1.165, 1.54) is 0 Å². The standard InChI is InChI=1S/C30H26N6O/c1-19-9-10-20(16-29(31)37)24(15-19)26-12-11-22(17-34-26)36-28-8-3-2-7-27(28)35(30(36)32)18-21-5-4-6-25-23(21)13-14-33-25/h2-15,17,32-33H,16,18H2,1H3,(H2,31,37). The van der Waals surface area contributed by atoms with E-state index in [2.05, 4.69) is 23.2 Å². The van der Waals surface area contributed by atoms with E-state index in [9.17, 15) is 4.79 Å². The Balaban J connectivity index is 1.44. The molecule has 37 heavy (non-hydrogen) atoms. The average Bonchev–Trinajstić information content (AvgIpc) is 3.49. The van der Waals surface area contributed by atoms with Crippen LogP contribution in [0.4, 0.5) is 0 Å². The van der Waals surface area contributed by atoms with Gasteiger partial charge in [-0.25, -0.2) is 0 Å². The van der Waals surface area contributed by atoms with Gasteiger partial charge in [-0.1, -0.05) is 42.0 Å². The van der Waals surface area contributed by atoms with Crippen LogP contribution in [0.1, 0.15) is 16.7 Å². The van der Waals surface area contributed by atoms with Crippen molar-refractivity contribution in [1.29, 1.82) is 5.41 Å². The molecule has 3 aromatic heterocycles. The molecule has 0 radical (unpaired) electrons. The number of imidazole rings is 1. The highest BCUT2D eigenvalue weighted by Crippen LogP contribution is 2.26. The van der Waals surface area contributed by atoms with Gasteiger partial charge in [-0.2, -0.15) is 0 Å². The molecular weight excluding hydrogens is 460 g/mol. The Labute approximate surface area is 213 Å². The molecule has 0 atom stereocenters. The molecule has 6 rings (SSSR count). The molecule has 0 saturated carbocycles. The number of aromatic amines is 1. The van der Waals surface area contributed by atoms with Gasteiger partial charge in [-0.05, 0) is 60.5 Å². The fourth-order valence-electron chi connectivity index (χ4n) is 5.06. The topological polar surface area (TPSA) is 105 Å². The molecule has 182 valence electrons. The van der Waals surface area contributed by atoms with Gasteiger partial charge in [0.05, 0.1) is 41.6 Å². The van der Waals surface area contributed by atoms with Crippen molar-refractivity contribution in [2.45, 2.75) is 19.9 Å². The predicted octanol–water partition coefficient (Wildman–Crippen LogP) is 4.84. The minimum Gasteiger partial charge on any atom is -0.369 e. The third-order valence-corrected chi connectivity index (χ3v) is 6.81. The third kappa shape index (κ3) is 4.00. The van der Waals surface area contributed by atoms with Crippen LogP contribution in [0.5, 0.6) is 0 Å². The number of pyridine rings is 1. The second-order valence-electron chi connectivity index (χ2n) is 9.30. The Bertz CT molecular complexity index is 1840. The van der Waals surface area contributed by atoms with Gasteiger partial charge in [0.2, 0.25) is 11.5 Å². The Morgan fingerprint density at radius 1 is 0.973 bits per heavy atom. The molecule has 0 aliphatic carbocycles. The van der Waals surface area contributed by atoms with Gasteiger partial charge < -0.3 is 15.3 Å². The second kappa shape index (κ2) is 8.95. The first-order valence-electron chi connectivity index (χ1n) is 12.1. The van der Waals surface area contributed by atoms with Gasteiger partial charge in [-0.3, -0.25) is 19.8 Å². The zero-order chi connectivity index (χ0) is 25.5. The smallest absolute Gasteiger partial charge is 0.221 e. The van der Waals surface area contributed by atoms with Gasteiger partial charge in [-0.15, -0.1) is 0 Å². The van der Waals surface area contributed by atoms with E-state index >= 15 is 0 Å². The first-order valence-corrected chi connectivity index (χ1v) is 12.1. The largest absolute Gasteiger partial charge is 0.369 e. The van der Waals surface area contributed by atoms with Crippen molar-refractivity contribution >= 4 is 27.8 Å². The first-order chi connectivity index (χ1) is 18.0. The number of hydrogen-bond acceptors (Lipinski definition) is 3. The number of rotatable bonds is 6. The lowest BCUT2D eigenvalue weighted by Crippen LogP contribution is -2.24.